The minimum Gasteiger partial charge on any atom is -0.493 e. The van der Waals surface area contributed by atoms with Gasteiger partial charge < -0.3 is 14.8 Å². The molecule has 1 aromatic heterocycles. The predicted octanol–water partition coefficient (Wildman–Crippen LogP) is 3.09. The summed E-state index contributed by atoms with van der Waals surface area (Å²) in [6.07, 6.45) is 1.71. The number of hydrogen-bond acceptors (Lipinski definition) is 5. The van der Waals surface area contributed by atoms with Gasteiger partial charge in [0.1, 0.15) is 0 Å². The molecule has 0 aliphatic rings. The molecule has 7 heteroatoms. The van der Waals surface area contributed by atoms with E-state index in [1.165, 1.54) is 0 Å². The summed E-state index contributed by atoms with van der Waals surface area (Å²) >= 11 is 6.78. The van der Waals surface area contributed by atoms with Crippen LogP contribution in [0.15, 0.2) is 40.1 Å². The molecule has 0 bridgehead atoms. The van der Waals surface area contributed by atoms with Crippen molar-refractivity contribution < 1.29 is 9.47 Å². The number of nitrogens with one attached hydrogen (secondary N) is 2. The highest BCUT2D eigenvalue weighted by Crippen LogP contribution is 2.29. The molecule has 2 aromatic rings. The fourth-order valence-electron chi connectivity index (χ4n) is 1.59. The van der Waals surface area contributed by atoms with Crippen LogP contribution in [0.25, 0.3) is 0 Å². The molecule has 21 heavy (non-hydrogen) atoms. The van der Waals surface area contributed by atoms with Gasteiger partial charge in [0.2, 0.25) is 0 Å². The number of anilines is 1. The monoisotopic (exact) mass is 321 g/mol. The Labute approximate surface area is 132 Å². The third-order valence-corrected chi connectivity index (χ3v) is 3.46. The molecule has 0 unspecified atom stereocenters. The second-order valence-corrected chi connectivity index (χ2v) is 5.14. The first-order valence-electron chi connectivity index (χ1n) is 6.07. The first kappa shape index (κ1) is 15.3. The molecule has 0 amide bonds. The molecule has 0 fully saturated rings. The van der Waals surface area contributed by atoms with E-state index in [0.717, 1.165) is 11.3 Å². The Kier molecular flexibility index (Phi) is 5.53. The van der Waals surface area contributed by atoms with Gasteiger partial charge in [-0.3, -0.25) is 5.43 Å². The van der Waals surface area contributed by atoms with Crippen LogP contribution in [0.3, 0.4) is 0 Å². The quantitative estimate of drug-likeness (QED) is 0.503. The van der Waals surface area contributed by atoms with Gasteiger partial charge in [-0.1, -0.05) is 0 Å². The number of nitrogens with zero attached hydrogens (tertiary/aromatic N) is 1. The Bertz CT molecular complexity index is 627. The molecule has 0 atom stereocenters. The Morgan fingerprint density at radius 2 is 2.05 bits per heavy atom. The molecule has 0 saturated heterocycles. The van der Waals surface area contributed by atoms with Crippen molar-refractivity contribution in [1.29, 1.82) is 0 Å². The minimum absolute atomic E-state index is 0.397. The van der Waals surface area contributed by atoms with Gasteiger partial charge in [-0.15, -0.1) is 0 Å². The van der Waals surface area contributed by atoms with Gasteiger partial charge >= 0.3 is 0 Å². The topological polar surface area (TPSA) is 54.9 Å². The lowest BCUT2D eigenvalue weighted by Gasteiger charge is -2.11. The van der Waals surface area contributed by atoms with Crippen LogP contribution in [0.5, 0.6) is 11.5 Å². The van der Waals surface area contributed by atoms with E-state index in [4.69, 9.17) is 21.7 Å². The van der Waals surface area contributed by atoms with Crippen molar-refractivity contribution in [1.82, 2.24) is 5.43 Å². The maximum atomic E-state index is 5.23. The molecule has 2 N–H and O–H groups in total. The van der Waals surface area contributed by atoms with Crippen molar-refractivity contribution in [3.8, 4) is 11.5 Å². The largest absolute Gasteiger partial charge is 0.493 e. The van der Waals surface area contributed by atoms with E-state index >= 15 is 0 Å². The summed E-state index contributed by atoms with van der Waals surface area (Å²) in [6.45, 7) is 0. The molecule has 1 heterocycles. The number of thiophene rings is 1. The van der Waals surface area contributed by atoms with Crippen LogP contribution in [-0.4, -0.2) is 25.5 Å². The van der Waals surface area contributed by atoms with E-state index in [0.29, 0.717) is 16.6 Å². The normalized spacial score (nSPS) is 10.4. The molecule has 1 aromatic carbocycles. The van der Waals surface area contributed by atoms with Gasteiger partial charge in [-0.05, 0) is 41.2 Å². The Hall–Kier alpha value is -2.12. The lowest BCUT2D eigenvalue weighted by atomic mass is 10.3. The van der Waals surface area contributed by atoms with Crippen LogP contribution in [0, 0.1) is 0 Å². The second kappa shape index (κ2) is 7.61. The molecule has 0 radical (unpaired) electrons. The fraction of sp³-hybridized carbons (Fsp3) is 0.143. The van der Waals surface area contributed by atoms with Gasteiger partial charge in [0.25, 0.3) is 0 Å². The van der Waals surface area contributed by atoms with Gasteiger partial charge in [0, 0.05) is 17.3 Å². The first-order chi connectivity index (χ1) is 10.2. The molecule has 110 valence electrons. The van der Waals surface area contributed by atoms with Crippen LogP contribution >= 0.6 is 23.6 Å². The second-order valence-electron chi connectivity index (χ2n) is 3.95. The van der Waals surface area contributed by atoms with Crippen LogP contribution < -0.4 is 20.2 Å². The Morgan fingerprint density at radius 1 is 1.24 bits per heavy atom. The smallest absolute Gasteiger partial charge is 0.191 e. The maximum Gasteiger partial charge on any atom is 0.191 e. The van der Waals surface area contributed by atoms with Crippen molar-refractivity contribution >= 4 is 40.6 Å². The van der Waals surface area contributed by atoms with Crippen LogP contribution in [-0.2, 0) is 0 Å². The van der Waals surface area contributed by atoms with Gasteiger partial charge in [-0.25, -0.2) is 0 Å². The third kappa shape index (κ3) is 4.44. The molecular formula is C14H15N3O2S2. The predicted molar refractivity (Wildman–Crippen MR) is 90.8 cm³/mol. The zero-order valence-electron chi connectivity index (χ0n) is 11.6. The summed E-state index contributed by atoms with van der Waals surface area (Å²) in [7, 11) is 3.18. The van der Waals surface area contributed by atoms with E-state index in [9.17, 15) is 0 Å². The standard InChI is InChI=1S/C14H15N3O2S2/c1-18-12-4-3-11(7-13(12)19-2)16-14(20)17-15-8-10-5-6-21-9-10/h3-9H,1-2H3,(H2,16,17,20)/b15-8-. The highest BCUT2D eigenvalue weighted by molar-refractivity contribution is 7.80. The average Bonchev–Trinajstić information content (AvgIpc) is 3.00. The van der Waals surface area contributed by atoms with E-state index in [1.54, 1.807) is 43.9 Å². The SMILES string of the molecule is COc1ccc(NC(=S)N/N=C\c2ccsc2)cc1OC. The van der Waals surface area contributed by atoms with Gasteiger partial charge in [0.05, 0.1) is 20.4 Å². The van der Waals surface area contributed by atoms with Crippen LogP contribution in [0.2, 0.25) is 0 Å². The maximum absolute atomic E-state index is 5.23. The Morgan fingerprint density at radius 3 is 2.71 bits per heavy atom. The minimum atomic E-state index is 0.397. The lowest BCUT2D eigenvalue weighted by Crippen LogP contribution is -2.23. The number of rotatable bonds is 5. The van der Waals surface area contributed by atoms with Crippen molar-refractivity contribution in [3.63, 3.8) is 0 Å². The number of hydrogen-bond donors (Lipinski definition) is 2. The summed E-state index contributed by atoms with van der Waals surface area (Å²) in [6, 6.07) is 7.42. The van der Waals surface area contributed by atoms with Crippen molar-refractivity contribution in [2.75, 3.05) is 19.5 Å². The number of benzene rings is 1. The molecule has 0 spiro atoms. The summed E-state index contributed by atoms with van der Waals surface area (Å²) in [5.41, 5.74) is 4.57. The zero-order valence-corrected chi connectivity index (χ0v) is 13.3. The van der Waals surface area contributed by atoms with E-state index in [-0.39, 0.29) is 0 Å². The Balaban J connectivity index is 1.93. The molecule has 0 saturated carbocycles. The molecule has 0 aliphatic carbocycles. The third-order valence-electron chi connectivity index (χ3n) is 2.56. The lowest BCUT2D eigenvalue weighted by molar-refractivity contribution is 0.355. The summed E-state index contributed by atoms with van der Waals surface area (Å²) < 4.78 is 10.4. The summed E-state index contributed by atoms with van der Waals surface area (Å²) in [4.78, 5) is 0. The number of ether oxygens (including phenoxy) is 2. The molecule has 0 aliphatic heterocycles. The van der Waals surface area contributed by atoms with E-state index in [2.05, 4.69) is 15.8 Å². The van der Waals surface area contributed by atoms with Gasteiger partial charge in [-0.2, -0.15) is 16.4 Å². The number of thiocarbonyl (C=S) groups is 1. The summed E-state index contributed by atoms with van der Waals surface area (Å²) in [5.74, 6) is 1.30. The van der Waals surface area contributed by atoms with Crippen molar-refractivity contribution in [3.05, 3.63) is 40.6 Å². The first-order valence-corrected chi connectivity index (χ1v) is 7.42. The highest BCUT2D eigenvalue weighted by atomic mass is 32.1. The number of methoxy groups -OCH3 is 2. The molecule has 2 rings (SSSR count). The zero-order chi connectivity index (χ0) is 15.1. The molecular weight excluding hydrogens is 306 g/mol. The number of hydrazone groups is 1. The van der Waals surface area contributed by atoms with Crippen LogP contribution in [0.1, 0.15) is 5.56 Å². The highest BCUT2D eigenvalue weighted by Gasteiger charge is 2.05. The van der Waals surface area contributed by atoms with Crippen molar-refractivity contribution in [2.45, 2.75) is 0 Å². The van der Waals surface area contributed by atoms with E-state index in [1.807, 2.05) is 22.9 Å². The molecule has 5 nitrogen and oxygen atoms in total. The van der Waals surface area contributed by atoms with Crippen LogP contribution in [0.4, 0.5) is 5.69 Å². The summed E-state index contributed by atoms with van der Waals surface area (Å²) in [5, 5.41) is 11.5. The van der Waals surface area contributed by atoms with E-state index < -0.39 is 0 Å². The van der Waals surface area contributed by atoms with Crippen molar-refractivity contribution in [2.24, 2.45) is 5.10 Å². The van der Waals surface area contributed by atoms with Gasteiger partial charge in [0.15, 0.2) is 16.6 Å². The fourth-order valence-corrected chi connectivity index (χ4v) is 2.37. The average molecular weight is 321 g/mol.